The van der Waals surface area contributed by atoms with Gasteiger partial charge in [-0.25, -0.2) is 4.98 Å². The minimum Gasteiger partial charge on any atom is -0.505 e. The number of aromatic hydroxyl groups is 1. The van der Waals surface area contributed by atoms with Crippen molar-refractivity contribution in [3.63, 3.8) is 0 Å². The Kier molecular flexibility index (Phi) is 4.45. The summed E-state index contributed by atoms with van der Waals surface area (Å²) in [5.74, 6) is -0.974. The first-order valence-electron chi connectivity index (χ1n) is 5.22. The summed E-state index contributed by atoms with van der Waals surface area (Å²) in [5.41, 5.74) is -0.0838. The molecule has 2 amide bonds. The first-order valence-corrected chi connectivity index (χ1v) is 5.22. The minimum atomic E-state index is -0.569. The summed E-state index contributed by atoms with van der Waals surface area (Å²) in [5, 5.41) is 11.8. The Morgan fingerprint density at radius 3 is 2.82 bits per heavy atom. The Morgan fingerprint density at radius 2 is 2.24 bits per heavy atom. The third kappa shape index (κ3) is 3.44. The quantitative estimate of drug-likeness (QED) is 0.772. The molecular formula is C11H15N3O3. The Hall–Kier alpha value is -2.11. The van der Waals surface area contributed by atoms with E-state index in [0.29, 0.717) is 6.54 Å². The van der Waals surface area contributed by atoms with Gasteiger partial charge in [-0.1, -0.05) is 0 Å². The predicted molar refractivity (Wildman–Crippen MR) is 61.5 cm³/mol. The number of nitrogens with zero attached hydrogens (tertiary/aromatic N) is 2. The Bertz CT molecular complexity index is 420. The van der Waals surface area contributed by atoms with Crippen LogP contribution in [-0.4, -0.2) is 46.9 Å². The van der Waals surface area contributed by atoms with E-state index in [1.54, 1.807) is 7.05 Å². The van der Waals surface area contributed by atoms with Crippen LogP contribution in [0, 0.1) is 0 Å². The molecule has 0 unspecified atom stereocenters. The molecule has 2 N–H and O–H groups in total. The van der Waals surface area contributed by atoms with Crippen LogP contribution in [0.1, 0.15) is 17.4 Å². The number of rotatable bonds is 4. The van der Waals surface area contributed by atoms with Crippen LogP contribution in [0.5, 0.6) is 5.75 Å². The van der Waals surface area contributed by atoms with Gasteiger partial charge in [-0.2, -0.15) is 0 Å². The first kappa shape index (κ1) is 13.0. The second kappa shape index (κ2) is 5.83. The van der Waals surface area contributed by atoms with Gasteiger partial charge in [0.25, 0.3) is 5.91 Å². The van der Waals surface area contributed by atoms with Gasteiger partial charge in [-0.3, -0.25) is 9.59 Å². The van der Waals surface area contributed by atoms with Crippen LogP contribution in [0.25, 0.3) is 0 Å². The zero-order valence-corrected chi connectivity index (χ0v) is 9.80. The Morgan fingerprint density at radius 1 is 1.53 bits per heavy atom. The maximum Gasteiger partial charge on any atom is 0.274 e. The molecule has 0 radical (unpaired) electrons. The number of pyridine rings is 1. The van der Waals surface area contributed by atoms with E-state index < -0.39 is 5.91 Å². The maximum absolute atomic E-state index is 11.6. The van der Waals surface area contributed by atoms with Crippen molar-refractivity contribution in [2.24, 2.45) is 0 Å². The average molecular weight is 237 g/mol. The van der Waals surface area contributed by atoms with E-state index in [4.69, 9.17) is 0 Å². The number of carbonyl (C=O) groups excluding carboxylic acids is 2. The summed E-state index contributed by atoms with van der Waals surface area (Å²) >= 11 is 0. The van der Waals surface area contributed by atoms with Crippen molar-refractivity contribution in [1.29, 1.82) is 0 Å². The minimum absolute atomic E-state index is 0.0838. The van der Waals surface area contributed by atoms with Crippen LogP contribution in [0.2, 0.25) is 0 Å². The Labute approximate surface area is 99.3 Å². The van der Waals surface area contributed by atoms with Gasteiger partial charge in [0.15, 0.2) is 5.69 Å². The molecule has 0 aliphatic rings. The first-order chi connectivity index (χ1) is 8.06. The highest BCUT2D eigenvalue weighted by Crippen LogP contribution is 2.11. The number of carbonyl (C=O) groups is 2. The van der Waals surface area contributed by atoms with Gasteiger partial charge in [0, 0.05) is 19.8 Å². The standard InChI is InChI=1S/C11H15N3O3/c1-3-14(2)9(16)7-13-11(17)10-8(15)5-4-6-12-10/h4-6,15H,3,7H2,1-2H3,(H,13,17). The third-order valence-corrected chi connectivity index (χ3v) is 2.30. The van der Waals surface area contributed by atoms with Gasteiger partial charge in [0.2, 0.25) is 5.91 Å². The second-order valence-electron chi connectivity index (χ2n) is 3.46. The van der Waals surface area contributed by atoms with Gasteiger partial charge in [-0.05, 0) is 19.1 Å². The molecule has 1 aromatic heterocycles. The summed E-state index contributed by atoms with van der Waals surface area (Å²) < 4.78 is 0. The summed E-state index contributed by atoms with van der Waals surface area (Å²) in [6.45, 7) is 2.30. The number of nitrogens with one attached hydrogen (secondary N) is 1. The summed E-state index contributed by atoms with van der Waals surface area (Å²) in [6, 6.07) is 2.88. The lowest BCUT2D eigenvalue weighted by Gasteiger charge is -2.14. The topological polar surface area (TPSA) is 82.5 Å². The normalized spacial score (nSPS) is 9.76. The molecule has 0 aliphatic carbocycles. The van der Waals surface area contributed by atoms with Gasteiger partial charge in [0.05, 0.1) is 6.54 Å². The molecule has 0 saturated heterocycles. The molecule has 0 aliphatic heterocycles. The zero-order valence-electron chi connectivity index (χ0n) is 9.80. The molecule has 1 aromatic rings. The molecule has 0 bridgehead atoms. The largest absolute Gasteiger partial charge is 0.505 e. The lowest BCUT2D eigenvalue weighted by atomic mass is 10.3. The third-order valence-electron chi connectivity index (χ3n) is 2.30. The van der Waals surface area contributed by atoms with Crippen LogP contribution < -0.4 is 5.32 Å². The predicted octanol–water partition coefficient (Wildman–Crippen LogP) is -0.00470. The molecule has 0 atom stereocenters. The lowest BCUT2D eigenvalue weighted by Crippen LogP contribution is -2.38. The molecule has 0 spiro atoms. The Balaban J connectivity index is 2.57. The van der Waals surface area contributed by atoms with E-state index in [2.05, 4.69) is 10.3 Å². The van der Waals surface area contributed by atoms with E-state index in [1.165, 1.54) is 23.2 Å². The summed E-state index contributed by atoms with van der Waals surface area (Å²) in [7, 11) is 1.65. The molecule has 6 nitrogen and oxygen atoms in total. The van der Waals surface area contributed by atoms with Crippen molar-refractivity contribution in [3.05, 3.63) is 24.0 Å². The van der Waals surface area contributed by atoms with Gasteiger partial charge in [0.1, 0.15) is 5.75 Å². The van der Waals surface area contributed by atoms with Crippen molar-refractivity contribution in [2.45, 2.75) is 6.92 Å². The van der Waals surface area contributed by atoms with E-state index in [1.807, 2.05) is 6.92 Å². The van der Waals surface area contributed by atoms with Crippen LogP contribution in [0.15, 0.2) is 18.3 Å². The van der Waals surface area contributed by atoms with Crippen molar-refractivity contribution < 1.29 is 14.7 Å². The smallest absolute Gasteiger partial charge is 0.274 e. The maximum atomic E-state index is 11.6. The molecule has 6 heteroatoms. The second-order valence-corrected chi connectivity index (χ2v) is 3.46. The molecule has 0 aromatic carbocycles. The fraction of sp³-hybridized carbons (Fsp3) is 0.364. The van der Waals surface area contributed by atoms with Gasteiger partial charge < -0.3 is 15.3 Å². The van der Waals surface area contributed by atoms with E-state index in [-0.39, 0.29) is 23.9 Å². The number of hydrogen-bond acceptors (Lipinski definition) is 4. The molecule has 0 saturated carbocycles. The molecule has 1 rings (SSSR count). The van der Waals surface area contributed by atoms with Gasteiger partial charge >= 0.3 is 0 Å². The monoisotopic (exact) mass is 237 g/mol. The highest BCUT2D eigenvalue weighted by atomic mass is 16.3. The van der Waals surface area contributed by atoms with E-state index in [9.17, 15) is 14.7 Å². The van der Waals surface area contributed by atoms with Crippen molar-refractivity contribution in [2.75, 3.05) is 20.1 Å². The van der Waals surface area contributed by atoms with Crippen molar-refractivity contribution in [3.8, 4) is 5.75 Å². The highest BCUT2D eigenvalue weighted by Gasteiger charge is 2.14. The van der Waals surface area contributed by atoms with E-state index >= 15 is 0 Å². The molecular weight excluding hydrogens is 222 g/mol. The highest BCUT2D eigenvalue weighted by molar-refractivity contribution is 5.96. The number of hydrogen-bond donors (Lipinski definition) is 2. The fourth-order valence-electron chi connectivity index (χ4n) is 1.12. The molecule has 92 valence electrons. The van der Waals surface area contributed by atoms with Crippen LogP contribution >= 0.6 is 0 Å². The number of amides is 2. The van der Waals surface area contributed by atoms with Crippen LogP contribution in [0.3, 0.4) is 0 Å². The van der Waals surface area contributed by atoms with E-state index in [0.717, 1.165) is 0 Å². The fourth-order valence-corrected chi connectivity index (χ4v) is 1.12. The molecule has 17 heavy (non-hydrogen) atoms. The average Bonchev–Trinajstić information content (AvgIpc) is 2.35. The number of likely N-dealkylation sites (N-methyl/N-ethyl adjacent to an activating group) is 1. The van der Waals surface area contributed by atoms with Crippen molar-refractivity contribution in [1.82, 2.24) is 15.2 Å². The van der Waals surface area contributed by atoms with Crippen LogP contribution in [-0.2, 0) is 4.79 Å². The zero-order chi connectivity index (χ0) is 12.8. The number of aromatic nitrogens is 1. The SMILES string of the molecule is CCN(C)C(=O)CNC(=O)c1ncccc1O. The summed E-state index contributed by atoms with van der Waals surface area (Å²) in [6.07, 6.45) is 1.40. The van der Waals surface area contributed by atoms with Crippen molar-refractivity contribution >= 4 is 11.8 Å². The molecule has 1 heterocycles. The van der Waals surface area contributed by atoms with Gasteiger partial charge in [-0.15, -0.1) is 0 Å². The van der Waals surface area contributed by atoms with Crippen LogP contribution in [0.4, 0.5) is 0 Å². The molecule has 0 fully saturated rings. The summed E-state index contributed by atoms with van der Waals surface area (Å²) in [4.78, 5) is 28.2. The lowest BCUT2D eigenvalue weighted by molar-refractivity contribution is -0.128.